The molecule has 0 aliphatic rings. The molecule has 2 rings (SSSR count). The molecule has 0 aliphatic heterocycles. The number of aromatic amines is 1. The molecule has 22 heavy (non-hydrogen) atoms. The maximum atomic E-state index is 11.8. The van der Waals surface area contributed by atoms with Gasteiger partial charge in [0.1, 0.15) is 0 Å². The van der Waals surface area contributed by atoms with E-state index in [1.54, 1.807) is 18.7 Å². The van der Waals surface area contributed by atoms with Crippen molar-refractivity contribution in [1.82, 2.24) is 10.3 Å². The van der Waals surface area contributed by atoms with Gasteiger partial charge < -0.3 is 15.4 Å². The zero-order valence-electron chi connectivity index (χ0n) is 13.2. The van der Waals surface area contributed by atoms with Crippen LogP contribution in [0.25, 0.3) is 10.9 Å². The Hall–Kier alpha value is -1.46. The highest BCUT2D eigenvalue weighted by Gasteiger charge is 2.20. The zero-order chi connectivity index (χ0) is 16.0. The zero-order valence-corrected chi connectivity index (χ0v) is 14.0. The lowest BCUT2D eigenvalue weighted by Crippen LogP contribution is -2.42. The average molecular weight is 320 g/mol. The number of hydrogen-bond acceptors (Lipinski definition) is 3. The molecule has 0 saturated heterocycles. The molecule has 1 atom stereocenters. The fourth-order valence-electron chi connectivity index (χ4n) is 2.52. The molecular weight excluding hydrogens is 296 g/mol. The summed E-state index contributed by atoms with van der Waals surface area (Å²) in [7, 11) is 0. The molecule has 3 N–H and O–H groups in total. The van der Waals surface area contributed by atoms with Gasteiger partial charge in [0.2, 0.25) is 5.91 Å². The van der Waals surface area contributed by atoms with Gasteiger partial charge in [0, 0.05) is 35.8 Å². The first-order chi connectivity index (χ1) is 10.5. The maximum absolute atomic E-state index is 11.8. The normalized spacial score (nSPS) is 14.0. The van der Waals surface area contributed by atoms with Crippen molar-refractivity contribution in [3.8, 4) is 0 Å². The minimum Gasteiger partial charge on any atom is -0.387 e. The van der Waals surface area contributed by atoms with Crippen LogP contribution in [-0.4, -0.2) is 40.2 Å². The second-order valence-electron chi connectivity index (χ2n) is 5.92. The third-order valence-electron chi connectivity index (χ3n) is 3.65. The number of thioether (sulfide) groups is 1. The lowest BCUT2D eigenvalue weighted by atomic mass is 10.1. The van der Waals surface area contributed by atoms with E-state index in [1.807, 2.05) is 24.6 Å². The van der Waals surface area contributed by atoms with Crippen LogP contribution in [0.2, 0.25) is 0 Å². The van der Waals surface area contributed by atoms with Crippen molar-refractivity contribution in [3.63, 3.8) is 0 Å². The summed E-state index contributed by atoms with van der Waals surface area (Å²) in [6.07, 6.45) is 6.12. The lowest BCUT2D eigenvalue weighted by Gasteiger charge is -2.22. The number of H-pyrrole nitrogens is 1. The topological polar surface area (TPSA) is 65.1 Å². The van der Waals surface area contributed by atoms with Crippen LogP contribution in [0.15, 0.2) is 30.5 Å². The Morgan fingerprint density at radius 1 is 1.41 bits per heavy atom. The number of benzene rings is 1. The van der Waals surface area contributed by atoms with Crippen LogP contribution in [-0.2, 0) is 11.2 Å². The molecule has 1 heterocycles. The number of aryl methyl sites for hydroxylation is 1. The summed E-state index contributed by atoms with van der Waals surface area (Å²) in [5.41, 5.74) is 1.54. The van der Waals surface area contributed by atoms with Gasteiger partial charge in [0.05, 0.1) is 5.60 Å². The molecule has 5 heteroatoms. The molecule has 1 aromatic heterocycles. The first kappa shape index (κ1) is 16.9. The summed E-state index contributed by atoms with van der Waals surface area (Å²) in [5, 5.41) is 14.1. The van der Waals surface area contributed by atoms with E-state index in [1.165, 1.54) is 10.9 Å². The highest BCUT2D eigenvalue weighted by atomic mass is 32.2. The summed E-state index contributed by atoms with van der Waals surface area (Å²) in [6, 6.07) is 8.19. The number of rotatable bonds is 8. The first-order valence-corrected chi connectivity index (χ1v) is 8.94. The molecule has 0 spiro atoms. The smallest absolute Gasteiger partial charge is 0.220 e. The average Bonchev–Trinajstić information content (AvgIpc) is 2.89. The van der Waals surface area contributed by atoms with E-state index < -0.39 is 5.60 Å². The Morgan fingerprint density at radius 3 is 2.95 bits per heavy atom. The summed E-state index contributed by atoms with van der Waals surface area (Å²) in [5.74, 6) is 0.615. The van der Waals surface area contributed by atoms with E-state index in [0.29, 0.717) is 18.7 Å². The first-order valence-electron chi connectivity index (χ1n) is 7.55. The Labute approximate surface area is 135 Å². The van der Waals surface area contributed by atoms with E-state index in [4.69, 9.17) is 0 Å². The third kappa shape index (κ3) is 4.78. The van der Waals surface area contributed by atoms with Crippen molar-refractivity contribution in [1.29, 1.82) is 0 Å². The van der Waals surface area contributed by atoms with Crippen LogP contribution >= 0.6 is 11.8 Å². The van der Waals surface area contributed by atoms with Crippen molar-refractivity contribution < 1.29 is 9.90 Å². The molecule has 120 valence electrons. The van der Waals surface area contributed by atoms with Gasteiger partial charge in [0.15, 0.2) is 0 Å². The fraction of sp³-hybridized carbons (Fsp3) is 0.471. The van der Waals surface area contributed by atoms with Crippen LogP contribution < -0.4 is 5.32 Å². The summed E-state index contributed by atoms with van der Waals surface area (Å²) >= 11 is 1.57. The predicted octanol–water partition coefficient (Wildman–Crippen LogP) is 2.72. The summed E-state index contributed by atoms with van der Waals surface area (Å²) in [6.45, 7) is 2.05. The van der Waals surface area contributed by atoms with Crippen LogP contribution in [0.3, 0.4) is 0 Å². The molecule has 1 aromatic carbocycles. The molecule has 1 amide bonds. The van der Waals surface area contributed by atoms with Crippen molar-refractivity contribution in [2.24, 2.45) is 0 Å². The Kier molecular flexibility index (Phi) is 5.91. The van der Waals surface area contributed by atoms with Gasteiger partial charge in [0.25, 0.3) is 0 Å². The van der Waals surface area contributed by atoms with Gasteiger partial charge in [-0.25, -0.2) is 0 Å². The molecule has 0 bridgehead atoms. The van der Waals surface area contributed by atoms with Crippen LogP contribution in [0.4, 0.5) is 0 Å². The highest BCUT2D eigenvalue weighted by Crippen LogP contribution is 2.19. The number of carbonyl (C=O) groups is 1. The summed E-state index contributed by atoms with van der Waals surface area (Å²) in [4.78, 5) is 15.1. The summed E-state index contributed by atoms with van der Waals surface area (Å²) < 4.78 is 0. The quantitative estimate of drug-likeness (QED) is 0.701. The number of aromatic nitrogens is 1. The van der Waals surface area contributed by atoms with Crippen molar-refractivity contribution in [3.05, 3.63) is 36.0 Å². The molecule has 0 fully saturated rings. The molecule has 0 aliphatic carbocycles. The molecule has 0 unspecified atom stereocenters. The number of nitrogens with one attached hydrogen (secondary N) is 2. The standard InChI is InChI=1S/C17H24N2O2S/c1-17(21,12-22-2)11-19-16(20)9-5-6-13-10-18-15-8-4-3-7-14(13)15/h3-4,7-8,10,18,21H,5-6,9,11-12H2,1-2H3,(H,19,20)/t17-/m0/s1. The van der Waals surface area contributed by atoms with E-state index in [0.717, 1.165) is 18.4 Å². The SMILES string of the molecule is CSC[C@@](C)(O)CNC(=O)CCCc1c[nH]c2ccccc12. The molecule has 4 nitrogen and oxygen atoms in total. The molecule has 0 saturated carbocycles. The molecule has 0 radical (unpaired) electrons. The van der Waals surface area contributed by atoms with E-state index in [9.17, 15) is 9.90 Å². The van der Waals surface area contributed by atoms with Crippen molar-refractivity contribution >= 4 is 28.6 Å². The number of amides is 1. The van der Waals surface area contributed by atoms with E-state index in [-0.39, 0.29) is 5.91 Å². The van der Waals surface area contributed by atoms with Gasteiger partial charge in [-0.3, -0.25) is 4.79 Å². The van der Waals surface area contributed by atoms with Crippen LogP contribution in [0.1, 0.15) is 25.3 Å². The maximum Gasteiger partial charge on any atom is 0.220 e. The third-order valence-corrected chi connectivity index (χ3v) is 4.56. The largest absolute Gasteiger partial charge is 0.387 e. The van der Waals surface area contributed by atoms with Crippen LogP contribution in [0.5, 0.6) is 0 Å². The lowest BCUT2D eigenvalue weighted by molar-refractivity contribution is -0.122. The fourth-order valence-corrected chi connectivity index (χ4v) is 3.24. The molecular formula is C17H24N2O2S. The highest BCUT2D eigenvalue weighted by molar-refractivity contribution is 7.98. The predicted molar refractivity (Wildman–Crippen MR) is 93.3 cm³/mol. The van der Waals surface area contributed by atoms with E-state index in [2.05, 4.69) is 22.4 Å². The van der Waals surface area contributed by atoms with Gasteiger partial charge in [-0.15, -0.1) is 0 Å². The number of carbonyl (C=O) groups excluding carboxylic acids is 1. The Balaban J connectivity index is 1.75. The monoisotopic (exact) mass is 320 g/mol. The second kappa shape index (κ2) is 7.70. The van der Waals surface area contributed by atoms with Gasteiger partial charge in [-0.1, -0.05) is 18.2 Å². The van der Waals surface area contributed by atoms with Crippen molar-refractivity contribution in [2.75, 3.05) is 18.6 Å². The number of para-hydroxylation sites is 1. The van der Waals surface area contributed by atoms with Gasteiger partial charge in [-0.05, 0) is 37.7 Å². The van der Waals surface area contributed by atoms with Crippen LogP contribution in [0, 0.1) is 0 Å². The number of aliphatic hydroxyl groups is 1. The minimum atomic E-state index is -0.841. The minimum absolute atomic E-state index is 0.00113. The van der Waals surface area contributed by atoms with E-state index >= 15 is 0 Å². The number of fused-ring (bicyclic) bond motifs is 1. The van der Waals surface area contributed by atoms with Gasteiger partial charge in [-0.2, -0.15) is 11.8 Å². The second-order valence-corrected chi connectivity index (χ2v) is 6.79. The Morgan fingerprint density at radius 2 is 2.18 bits per heavy atom. The number of hydrogen-bond donors (Lipinski definition) is 3. The molecule has 2 aromatic rings. The van der Waals surface area contributed by atoms with Gasteiger partial charge >= 0.3 is 0 Å². The van der Waals surface area contributed by atoms with Crippen molar-refractivity contribution in [2.45, 2.75) is 31.8 Å². The Bertz CT molecular complexity index is 622.